The monoisotopic (exact) mass is 412 g/mol. The maximum Gasteiger partial charge on any atom is 0.296 e. The zero-order valence-electron chi connectivity index (χ0n) is 17.7. The van der Waals surface area contributed by atoms with E-state index in [0.717, 1.165) is 27.9 Å². The van der Waals surface area contributed by atoms with Gasteiger partial charge in [0.2, 0.25) is 0 Å². The van der Waals surface area contributed by atoms with E-state index in [-0.39, 0.29) is 23.3 Å². The average Bonchev–Trinajstić information content (AvgIpc) is 3.06. The van der Waals surface area contributed by atoms with Gasteiger partial charge in [0.15, 0.2) is 0 Å². The maximum atomic E-state index is 13.0. The van der Waals surface area contributed by atoms with Crippen molar-refractivity contribution in [1.82, 2.24) is 0 Å². The molecule has 0 saturated heterocycles. The number of amides is 1. The van der Waals surface area contributed by atoms with E-state index in [1.807, 2.05) is 62.1 Å². The number of aryl methyl sites for hydroxylation is 1. The Kier molecular flexibility index (Phi) is 5.34. The van der Waals surface area contributed by atoms with Gasteiger partial charge in [0, 0.05) is 5.56 Å². The van der Waals surface area contributed by atoms with E-state index in [1.54, 1.807) is 36.4 Å². The molecule has 0 fully saturated rings. The molecule has 0 bridgehead atoms. The summed E-state index contributed by atoms with van der Waals surface area (Å²) in [6.45, 7) is 5.94. The molecule has 5 heteroatoms. The van der Waals surface area contributed by atoms with Crippen molar-refractivity contribution in [3.63, 3.8) is 0 Å². The molecule has 156 valence electrons. The fourth-order valence-electron chi connectivity index (χ4n) is 3.69. The van der Waals surface area contributed by atoms with Crippen LogP contribution in [0.25, 0.3) is 6.08 Å². The van der Waals surface area contributed by atoms with Gasteiger partial charge in [0.1, 0.15) is 23.0 Å². The van der Waals surface area contributed by atoms with E-state index >= 15 is 0 Å². The van der Waals surface area contributed by atoms with Gasteiger partial charge in [-0.3, -0.25) is 9.69 Å². The molecule has 3 aromatic carbocycles. The van der Waals surface area contributed by atoms with Crippen molar-refractivity contribution in [3.8, 4) is 11.5 Å². The van der Waals surface area contributed by atoms with Crippen LogP contribution in [0, 0.1) is 6.92 Å². The number of nitrogens with zero attached hydrogens (tertiary/aromatic N) is 2. The van der Waals surface area contributed by atoms with Crippen LogP contribution in [0.3, 0.4) is 0 Å². The van der Waals surface area contributed by atoms with Gasteiger partial charge in [0.25, 0.3) is 5.91 Å². The Hall–Kier alpha value is -3.86. The third-order valence-corrected chi connectivity index (χ3v) is 5.32. The standard InChI is InChI=1S/C26H24N2O3/c1-16(2)21-15-22(17(3)13-24(21)30)28-23(14-18-9-11-20(29)12-10-18)26(31)27-25(28)19-7-5-4-6-8-19/h4-16,29-30H,1-3H3. The maximum absolute atomic E-state index is 13.0. The fourth-order valence-corrected chi connectivity index (χ4v) is 3.69. The van der Waals surface area contributed by atoms with Gasteiger partial charge in [-0.2, -0.15) is 4.99 Å². The largest absolute Gasteiger partial charge is 0.508 e. The van der Waals surface area contributed by atoms with Gasteiger partial charge in [-0.1, -0.05) is 56.3 Å². The molecule has 4 rings (SSSR count). The second kappa shape index (κ2) is 8.11. The average molecular weight is 412 g/mol. The Morgan fingerprint density at radius 1 is 0.968 bits per heavy atom. The Morgan fingerprint density at radius 2 is 1.65 bits per heavy atom. The fraction of sp³-hybridized carbons (Fsp3) is 0.154. The molecule has 1 aliphatic rings. The highest BCUT2D eigenvalue weighted by atomic mass is 16.3. The third kappa shape index (κ3) is 3.94. The molecule has 0 unspecified atom stereocenters. The van der Waals surface area contributed by atoms with Gasteiger partial charge in [-0.15, -0.1) is 0 Å². The minimum absolute atomic E-state index is 0.110. The van der Waals surface area contributed by atoms with Crippen LogP contribution in [-0.4, -0.2) is 22.0 Å². The summed E-state index contributed by atoms with van der Waals surface area (Å²) in [7, 11) is 0. The SMILES string of the molecule is Cc1cc(O)c(C(C)C)cc1N1C(=Cc2ccc(O)cc2)C(=O)N=C1c1ccccc1. The molecule has 3 aromatic rings. The summed E-state index contributed by atoms with van der Waals surface area (Å²) < 4.78 is 0. The van der Waals surface area contributed by atoms with E-state index in [1.165, 1.54) is 0 Å². The Balaban J connectivity index is 1.92. The van der Waals surface area contributed by atoms with Crippen molar-refractivity contribution in [3.05, 3.63) is 94.7 Å². The minimum atomic E-state index is -0.342. The molecule has 31 heavy (non-hydrogen) atoms. The number of benzene rings is 3. The lowest BCUT2D eigenvalue weighted by atomic mass is 9.98. The van der Waals surface area contributed by atoms with Gasteiger partial charge in [-0.25, -0.2) is 0 Å². The van der Waals surface area contributed by atoms with Gasteiger partial charge in [-0.05, 0) is 59.9 Å². The highest BCUT2D eigenvalue weighted by molar-refractivity contribution is 6.28. The molecule has 1 heterocycles. The normalized spacial score (nSPS) is 15.1. The molecule has 0 spiro atoms. The number of carbonyl (C=O) groups excluding carboxylic acids is 1. The molecule has 0 saturated carbocycles. The molecule has 0 aromatic heterocycles. The highest BCUT2D eigenvalue weighted by Gasteiger charge is 2.33. The number of hydrogen-bond acceptors (Lipinski definition) is 4. The van der Waals surface area contributed by atoms with Crippen LogP contribution >= 0.6 is 0 Å². The summed E-state index contributed by atoms with van der Waals surface area (Å²) in [6.07, 6.45) is 1.77. The van der Waals surface area contributed by atoms with Crippen LogP contribution in [0.4, 0.5) is 5.69 Å². The Morgan fingerprint density at radius 3 is 2.29 bits per heavy atom. The van der Waals surface area contributed by atoms with E-state index in [9.17, 15) is 15.0 Å². The van der Waals surface area contributed by atoms with Crippen LogP contribution in [0.15, 0.2) is 77.4 Å². The molecule has 2 N–H and O–H groups in total. The molecule has 5 nitrogen and oxygen atoms in total. The van der Waals surface area contributed by atoms with Crippen LogP contribution in [-0.2, 0) is 4.79 Å². The van der Waals surface area contributed by atoms with E-state index < -0.39 is 0 Å². The van der Waals surface area contributed by atoms with Crippen molar-refractivity contribution in [2.75, 3.05) is 4.90 Å². The second-order valence-electron chi connectivity index (χ2n) is 7.92. The highest BCUT2D eigenvalue weighted by Crippen LogP contribution is 2.37. The number of anilines is 1. The smallest absolute Gasteiger partial charge is 0.296 e. The van der Waals surface area contributed by atoms with E-state index in [0.29, 0.717) is 11.5 Å². The number of phenols is 2. The topological polar surface area (TPSA) is 73.1 Å². The van der Waals surface area contributed by atoms with Crippen molar-refractivity contribution in [2.45, 2.75) is 26.7 Å². The van der Waals surface area contributed by atoms with Crippen molar-refractivity contribution < 1.29 is 15.0 Å². The lowest BCUT2D eigenvalue weighted by molar-refractivity contribution is -0.113. The van der Waals surface area contributed by atoms with Gasteiger partial charge in [0.05, 0.1) is 5.69 Å². The molecular weight excluding hydrogens is 388 g/mol. The number of hydrogen-bond donors (Lipinski definition) is 2. The van der Waals surface area contributed by atoms with Crippen LogP contribution < -0.4 is 4.90 Å². The summed E-state index contributed by atoms with van der Waals surface area (Å²) in [5.41, 5.74) is 4.43. The predicted molar refractivity (Wildman–Crippen MR) is 123 cm³/mol. The number of aromatic hydroxyl groups is 2. The van der Waals surface area contributed by atoms with Crippen molar-refractivity contribution in [2.24, 2.45) is 4.99 Å². The van der Waals surface area contributed by atoms with Crippen LogP contribution in [0.1, 0.15) is 42.0 Å². The molecular formula is C26H24N2O3. The summed E-state index contributed by atoms with van der Waals surface area (Å²) in [6, 6.07) is 19.9. The first-order chi connectivity index (χ1) is 14.8. The van der Waals surface area contributed by atoms with Crippen molar-refractivity contribution in [1.29, 1.82) is 0 Å². The zero-order valence-corrected chi connectivity index (χ0v) is 17.7. The lowest BCUT2D eigenvalue weighted by Crippen LogP contribution is -2.28. The second-order valence-corrected chi connectivity index (χ2v) is 7.92. The minimum Gasteiger partial charge on any atom is -0.508 e. The first-order valence-corrected chi connectivity index (χ1v) is 10.2. The number of rotatable bonds is 4. The Bertz CT molecular complexity index is 1190. The number of aliphatic imine (C=N–C) groups is 1. The lowest BCUT2D eigenvalue weighted by Gasteiger charge is -2.25. The summed E-state index contributed by atoms with van der Waals surface area (Å²) in [4.78, 5) is 19.2. The number of phenolic OH excluding ortho intramolecular Hbond substituents is 2. The van der Waals surface area contributed by atoms with Crippen molar-refractivity contribution >= 4 is 23.5 Å². The number of carbonyl (C=O) groups is 1. The first kappa shape index (κ1) is 20.4. The molecule has 0 aliphatic carbocycles. The molecule has 1 amide bonds. The van der Waals surface area contributed by atoms with E-state index in [2.05, 4.69) is 4.99 Å². The summed E-state index contributed by atoms with van der Waals surface area (Å²) in [5, 5.41) is 20.0. The molecule has 0 radical (unpaired) electrons. The quantitative estimate of drug-likeness (QED) is 0.566. The summed E-state index contributed by atoms with van der Waals surface area (Å²) >= 11 is 0. The third-order valence-electron chi connectivity index (χ3n) is 5.32. The first-order valence-electron chi connectivity index (χ1n) is 10.2. The van der Waals surface area contributed by atoms with Crippen LogP contribution in [0.5, 0.6) is 11.5 Å². The predicted octanol–water partition coefficient (Wildman–Crippen LogP) is 5.36. The van der Waals surface area contributed by atoms with Crippen LogP contribution in [0.2, 0.25) is 0 Å². The number of amidine groups is 1. The van der Waals surface area contributed by atoms with E-state index in [4.69, 9.17) is 0 Å². The Labute approximate surface area is 181 Å². The van der Waals surface area contributed by atoms with Gasteiger partial charge < -0.3 is 10.2 Å². The molecule has 0 atom stereocenters. The molecule has 1 aliphatic heterocycles. The zero-order chi connectivity index (χ0) is 22.1. The van der Waals surface area contributed by atoms with Gasteiger partial charge >= 0.3 is 0 Å². The summed E-state index contributed by atoms with van der Waals surface area (Å²) in [5.74, 6) is 0.710.